The molecule has 3 aromatic carbocycles. The van der Waals surface area contributed by atoms with Crippen LogP contribution >= 0.6 is 11.6 Å². The molecule has 3 aromatic rings. The van der Waals surface area contributed by atoms with Crippen molar-refractivity contribution in [2.24, 2.45) is 0 Å². The third-order valence-corrected chi connectivity index (χ3v) is 4.43. The van der Waals surface area contributed by atoms with Crippen LogP contribution in [-0.4, -0.2) is 11.8 Å². The van der Waals surface area contributed by atoms with Crippen LogP contribution < -0.4 is 15.4 Å². The van der Waals surface area contributed by atoms with E-state index in [2.05, 4.69) is 16.7 Å². The van der Waals surface area contributed by atoms with E-state index in [4.69, 9.17) is 21.6 Å². The van der Waals surface area contributed by atoms with E-state index >= 15 is 0 Å². The summed E-state index contributed by atoms with van der Waals surface area (Å²) >= 11 is 6.21. The Hall–Kier alpha value is -3.82. The second kappa shape index (κ2) is 9.59. The van der Waals surface area contributed by atoms with E-state index in [1.165, 1.54) is 6.92 Å². The summed E-state index contributed by atoms with van der Waals surface area (Å²) in [5.74, 6) is 0.113. The normalized spacial score (nSPS) is 10.0. The summed E-state index contributed by atoms with van der Waals surface area (Å²) < 4.78 is 5.71. The van der Waals surface area contributed by atoms with Crippen LogP contribution in [0.15, 0.2) is 66.7 Å². The van der Waals surface area contributed by atoms with Gasteiger partial charge in [-0.25, -0.2) is 0 Å². The molecule has 0 aliphatic heterocycles. The highest BCUT2D eigenvalue weighted by molar-refractivity contribution is 6.34. The van der Waals surface area contributed by atoms with Crippen molar-refractivity contribution in [2.75, 3.05) is 10.6 Å². The fourth-order valence-electron chi connectivity index (χ4n) is 2.69. The Morgan fingerprint density at radius 2 is 1.80 bits per heavy atom. The number of carbonyl (C=O) groups is 2. The lowest BCUT2D eigenvalue weighted by Gasteiger charge is -2.11. The number of hydrogen-bond donors (Lipinski definition) is 2. The Kier molecular flexibility index (Phi) is 6.68. The molecular weight excluding hydrogens is 402 g/mol. The predicted octanol–water partition coefficient (Wildman–Crippen LogP) is 5.00. The van der Waals surface area contributed by atoms with Crippen LogP contribution in [0.5, 0.6) is 5.75 Å². The number of anilines is 2. The minimum Gasteiger partial charge on any atom is -0.489 e. The molecular formula is C23H18ClN3O3. The predicted molar refractivity (Wildman–Crippen MR) is 116 cm³/mol. The van der Waals surface area contributed by atoms with Crippen molar-refractivity contribution in [3.8, 4) is 11.8 Å². The third-order valence-electron chi connectivity index (χ3n) is 4.12. The number of nitrogens with one attached hydrogen (secondary N) is 2. The molecule has 30 heavy (non-hydrogen) atoms. The van der Waals surface area contributed by atoms with Gasteiger partial charge in [0, 0.05) is 18.2 Å². The van der Waals surface area contributed by atoms with Gasteiger partial charge >= 0.3 is 0 Å². The monoisotopic (exact) mass is 419 g/mol. The number of amides is 2. The second-order valence-corrected chi connectivity index (χ2v) is 6.86. The SMILES string of the molecule is CC(=O)Nc1ccc(NC(=O)c2cccc(COc3ccc(C#N)cc3)c2)c(Cl)c1. The van der Waals surface area contributed by atoms with Crippen LogP contribution in [0.2, 0.25) is 5.02 Å². The summed E-state index contributed by atoms with van der Waals surface area (Å²) in [7, 11) is 0. The Morgan fingerprint density at radius 1 is 1.03 bits per heavy atom. The van der Waals surface area contributed by atoms with Gasteiger partial charge in [-0.2, -0.15) is 5.26 Å². The largest absolute Gasteiger partial charge is 0.489 e. The number of ether oxygens (including phenoxy) is 1. The summed E-state index contributed by atoms with van der Waals surface area (Å²) in [6, 6.07) is 20.8. The van der Waals surface area contributed by atoms with Gasteiger partial charge in [0.25, 0.3) is 5.91 Å². The smallest absolute Gasteiger partial charge is 0.255 e. The molecule has 0 saturated carbocycles. The molecule has 150 valence electrons. The topological polar surface area (TPSA) is 91.2 Å². The van der Waals surface area contributed by atoms with Gasteiger partial charge < -0.3 is 15.4 Å². The zero-order valence-corrected chi connectivity index (χ0v) is 16.9. The summed E-state index contributed by atoms with van der Waals surface area (Å²) in [5, 5.41) is 14.6. The molecule has 0 atom stereocenters. The third kappa shape index (κ3) is 5.60. The Morgan fingerprint density at radius 3 is 2.47 bits per heavy atom. The molecule has 0 saturated heterocycles. The highest BCUT2D eigenvalue weighted by Gasteiger charge is 2.10. The van der Waals surface area contributed by atoms with E-state index in [-0.39, 0.29) is 18.4 Å². The van der Waals surface area contributed by atoms with Crippen molar-refractivity contribution >= 4 is 34.8 Å². The van der Waals surface area contributed by atoms with Gasteiger partial charge in [-0.15, -0.1) is 0 Å². The average molecular weight is 420 g/mol. The minimum absolute atomic E-state index is 0.206. The second-order valence-electron chi connectivity index (χ2n) is 6.46. The number of halogens is 1. The number of nitriles is 1. The van der Waals surface area contributed by atoms with Crippen molar-refractivity contribution in [2.45, 2.75) is 13.5 Å². The molecule has 0 aromatic heterocycles. The number of benzene rings is 3. The molecule has 0 aliphatic carbocycles. The maximum Gasteiger partial charge on any atom is 0.255 e. The van der Waals surface area contributed by atoms with Crippen molar-refractivity contribution in [3.63, 3.8) is 0 Å². The van der Waals surface area contributed by atoms with Gasteiger partial charge in [-0.05, 0) is 60.2 Å². The van der Waals surface area contributed by atoms with Crippen LogP contribution in [-0.2, 0) is 11.4 Å². The first-order valence-electron chi connectivity index (χ1n) is 9.05. The molecule has 0 fully saturated rings. The molecule has 0 radical (unpaired) electrons. The molecule has 7 heteroatoms. The van der Waals surface area contributed by atoms with Crippen LogP contribution in [0.25, 0.3) is 0 Å². The Balaban J connectivity index is 1.65. The van der Waals surface area contributed by atoms with Gasteiger partial charge in [0.05, 0.1) is 22.3 Å². The van der Waals surface area contributed by atoms with E-state index < -0.39 is 0 Å². The average Bonchev–Trinajstić information content (AvgIpc) is 2.74. The van der Waals surface area contributed by atoms with E-state index in [0.717, 1.165) is 5.56 Å². The molecule has 0 unspecified atom stereocenters. The fraction of sp³-hybridized carbons (Fsp3) is 0.0870. The first-order valence-corrected chi connectivity index (χ1v) is 9.43. The van der Waals surface area contributed by atoms with Crippen LogP contribution in [0.4, 0.5) is 11.4 Å². The van der Waals surface area contributed by atoms with Gasteiger partial charge in [0.2, 0.25) is 5.91 Å². The molecule has 2 amide bonds. The standard InChI is InChI=1S/C23H18ClN3O3/c1-15(28)26-19-7-10-22(21(24)12-19)27-23(29)18-4-2-3-17(11-18)14-30-20-8-5-16(13-25)6-9-20/h2-12H,14H2,1H3,(H,26,28)(H,27,29). The minimum atomic E-state index is -0.315. The van der Waals surface area contributed by atoms with E-state index in [1.54, 1.807) is 60.7 Å². The fourth-order valence-corrected chi connectivity index (χ4v) is 2.91. The lowest BCUT2D eigenvalue weighted by Crippen LogP contribution is -2.13. The van der Waals surface area contributed by atoms with Gasteiger partial charge in [-0.1, -0.05) is 23.7 Å². The number of hydrogen-bond acceptors (Lipinski definition) is 4. The van der Waals surface area contributed by atoms with Crippen molar-refractivity contribution in [3.05, 3.63) is 88.4 Å². The van der Waals surface area contributed by atoms with E-state index in [9.17, 15) is 9.59 Å². The highest BCUT2D eigenvalue weighted by Crippen LogP contribution is 2.26. The van der Waals surface area contributed by atoms with Crippen molar-refractivity contribution < 1.29 is 14.3 Å². The van der Waals surface area contributed by atoms with Crippen LogP contribution in [0.3, 0.4) is 0 Å². The quantitative estimate of drug-likeness (QED) is 0.588. The summed E-state index contributed by atoms with van der Waals surface area (Å²) in [6.45, 7) is 1.68. The zero-order valence-electron chi connectivity index (χ0n) is 16.1. The molecule has 0 aliphatic rings. The highest BCUT2D eigenvalue weighted by atomic mass is 35.5. The molecule has 2 N–H and O–H groups in total. The summed E-state index contributed by atoms with van der Waals surface area (Å²) in [4.78, 5) is 23.7. The lowest BCUT2D eigenvalue weighted by molar-refractivity contribution is -0.114. The molecule has 0 spiro atoms. The van der Waals surface area contributed by atoms with Crippen LogP contribution in [0.1, 0.15) is 28.4 Å². The number of carbonyl (C=O) groups excluding carboxylic acids is 2. The molecule has 0 bridgehead atoms. The summed E-state index contributed by atoms with van der Waals surface area (Å²) in [6.07, 6.45) is 0. The zero-order chi connectivity index (χ0) is 21.5. The molecule has 3 rings (SSSR count). The number of rotatable bonds is 6. The lowest BCUT2D eigenvalue weighted by atomic mass is 10.1. The van der Waals surface area contributed by atoms with Gasteiger partial charge in [-0.3, -0.25) is 9.59 Å². The number of nitrogens with zero attached hydrogens (tertiary/aromatic N) is 1. The summed E-state index contributed by atoms with van der Waals surface area (Å²) in [5.41, 5.74) is 2.82. The van der Waals surface area contributed by atoms with Gasteiger partial charge in [0.1, 0.15) is 12.4 Å². The van der Waals surface area contributed by atoms with Crippen molar-refractivity contribution in [1.29, 1.82) is 5.26 Å². The maximum absolute atomic E-state index is 12.6. The first kappa shape index (κ1) is 20.9. The van der Waals surface area contributed by atoms with Gasteiger partial charge in [0.15, 0.2) is 0 Å². The van der Waals surface area contributed by atoms with E-state index in [1.807, 2.05) is 6.07 Å². The molecule has 0 heterocycles. The van der Waals surface area contributed by atoms with Crippen LogP contribution in [0, 0.1) is 11.3 Å². The Bertz CT molecular complexity index is 1120. The Labute approximate surface area is 179 Å². The first-order chi connectivity index (χ1) is 14.4. The molecule has 6 nitrogen and oxygen atoms in total. The van der Waals surface area contributed by atoms with Crippen molar-refractivity contribution in [1.82, 2.24) is 0 Å². The maximum atomic E-state index is 12.6. The van der Waals surface area contributed by atoms with E-state index in [0.29, 0.717) is 33.3 Å².